The van der Waals surface area contributed by atoms with Gasteiger partial charge in [0, 0.05) is 46.0 Å². The lowest BCUT2D eigenvalue weighted by molar-refractivity contribution is 0.211. The highest BCUT2D eigenvalue weighted by atomic mass is 16.2. The molecule has 0 amide bonds. The van der Waals surface area contributed by atoms with E-state index in [1.807, 2.05) is 42.5 Å². The van der Waals surface area contributed by atoms with Crippen molar-refractivity contribution in [2.45, 2.75) is 37.8 Å². The summed E-state index contributed by atoms with van der Waals surface area (Å²) in [6, 6.07) is 31.4. The molecular weight excluding hydrogens is 544 g/mol. The van der Waals surface area contributed by atoms with Crippen molar-refractivity contribution in [1.29, 1.82) is 0 Å². The number of benzene rings is 4. The number of aromatic nitrogens is 1. The summed E-state index contributed by atoms with van der Waals surface area (Å²) in [6.07, 6.45) is 8.56. The maximum absolute atomic E-state index is 13.1. The molecule has 2 unspecified atom stereocenters. The third-order valence-electron chi connectivity index (χ3n) is 9.08. The van der Waals surface area contributed by atoms with Crippen molar-refractivity contribution in [2.24, 2.45) is 0 Å². The highest BCUT2D eigenvalue weighted by Gasteiger charge is 2.31. The largest absolute Gasteiger partial charge is 0.376 e. The maximum atomic E-state index is 13.1. The third-order valence-corrected chi connectivity index (χ3v) is 9.08. The van der Waals surface area contributed by atoms with E-state index < -0.39 is 10.9 Å². The van der Waals surface area contributed by atoms with Gasteiger partial charge in [0.05, 0.1) is 0 Å². The summed E-state index contributed by atoms with van der Waals surface area (Å²) in [7, 11) is 4.16. The Bertz CT molecular complexity index is 2060. The van der Waals surface area contributed by atoms with Crippen LogP contribution in [0.25, 0.3) is 33.3 Å². The highest BCUT2D eigenvalue weighted by Crippen LogP contribution is 2.41. The number of aromatic amines is 1. The lowest BCUT2D eigenvalue weighted by Crippen LogP contribution is -2.48. The number of nitrogens with zero attached hydrogens (tertiary/aromatic N) is 1. The van der Waals surface area contributed by atoms with Crippen molar-refractivity contribution in [1.82, 2.24) is 9.88 Å². The number of hydrogen-bond acceptors (Lipinski definition) is 5. The van der Waals surface area contributed by atoms with Gasteiger partial charge < -0.3 is 20.5 Å². The number of nitrogens with one attached hydrogen (secondary N) is 3. The summed E-state index contributed by atoms with van der Waals surface area (Å²) in [4.78, 5) is 31.8. The van der Waals surface area contributed by atoms with Crippen LogP contribution < -0.4 is 21.5 Å². The molecule has 220 valence electrons. The first-order chi connectivity index (χ1) is 21.5. The summed E-state index contributed by atoms with van der Waals surface area (Å²) in [5, 5.41) is 10.2. The molecule has 5 aromatic carbocycles. The molecule has 1 aliphatic rings. The first kappa shape index (κ1) is 27.9. The fourth-order valence-corrected chi connectivity index (χ4v) is 6.83. The van der Waals surface area contributed by atoms with E-state index in [2.05, 4.69) is 95.4 Å². The SMILES string of the molecule is CN(C)C1CCCCC1Nc1c(Nc2ccc3ccccc3c2C(=Cc2ccccc2)c2c[nH]c3ccccc23)c(=O)c1=O. The van der Waals surface area contributed by atoms with Gasteiger partial charge in [-0.15, -0.1) is 0 Å². The highest BCUT2D eigenvalue weighted by molar-refractivity contribution is 6.11. The molecule has 6 heteroatoms. The van der Waals surface area contributed by atoms with E-state index in [1.165, 1.54) is 6.42 Å². The molecule has 1 saturated carbocycles. The number of hydrogen-bond donors (Lipinski definition) is 3. The Morgan fingerprint density at radius 1 is 0.795 bits per heavy atom. The summed E-state index contributed by atoms with van der Waals surface area (Å²) in [5.74, 6) is 0. The third kappa shape index (κ3) is 5.01. The average molecular weight is 581 g/mol. The smallest absolute Gasteiger partial charge is 0.253 e. The summed E-state index contributed by atoms with van der Waals surface area (Å²) >= 11 is 0. The van der Waals surface area contributed by atoms with E-state index in [9.17, 15) is 9.59 Å². The standard InChI is InChI=1S/C38H36N4O2/c1-42(2)33-19-11-10-18-31(33)40-35-36(38(44)37(35)43)41-32-21-20-25-14-6-7-15-26(25)34(32)28(22-24-12-4-3-5-13-24)29-23-39-30-17-9-8-16-27(29)30/h3-9,12-17,20-23,31,33,39-41H,10-11,18-19H2,1-2H3. The second kappa shape index (κ2) is 11.6. The Morgan fingerprint density at radius 3 is 2.32 bits per heavy atom. The molecule has 3 N–H and O–H groups in total. The molecule has 0 bridgehead atoms. The lowest BCUT2D eigenvalue weighted by Gasteiger charge is -2.37. The molecule has 0 radical (unpaired) electrons. The Balaban J connectivity index is 1.39. The fraction of sp³-hybridized carbons (Fsp3) is 0.211. The van der Waals surface area contributed by atoms with E-state index >= 15 is 0 Å². The molecule has 1 aliphatic carbocycles. The number of likely N-dealkylation sites (N-methyl/N-ethyl adjacent to an activating group) is 1. The number of fused-ring (bicyclic) bond motifs is 2. The van der Waals surface area contributed by atoms with Crippen LogP contribution in [0.2, 0.25) is 0 Å². The molecule has 1 aromatic heterocycles. The minimum absolute atomic E-state index is 0.110. The van der Waals surface area contributed by atoms with Crippen LogP contribution in [0.5, 0.6) is 0 Å². The number of para-hydroxylation sites is 1. The second-order valence-electron chi connectivity index (χ2n) is 12.0. The Hall–Kier alpha value is -4.94. The van der Waals surface area contributed by atoms with Gasteiger partial charge in [-0.3, -0.25) is 9.59 Å². The van der Waals surface area contributed by atoms with Crippen LogP contribution in [-0.2, 0) is 0 Å². The number of anilines is 3. The van der Waals surface area contributed by atoms with Gasteiger partial charge in [0.2, 0.25) is 0 Å². The fourth-order valence-electron chi connectivity index (χ4n) is 6.83. The van der Waals surface area contributed by atoms with Gasteiger partial charge in [-0.25, -0.2) is 0 Å². The normalized spacial score (nSPS) is 17.5. The molecule has 1 heterocycles. The molecule has 7 rings (SSSR count). The van der Waals surface area contributed by atoms with Crippen molar-refractivity contribution in [3.8, 4) is 0 Å². The molecule has 1 fully saturated rings. The summed E-state index contributed by atoms with van der Waals surface area (Å²) < 4.78 is 0. The average Bonchev–Trinajstić information content (AvgIpc) is 3.49. The van der Waals surface area contributed by atoms with Crippen LogP contribution in [0, 0.1) is 0 Å². The first-order valence-corrected chi connectivity index (χ1v) is 15.4. The number of H-pyrrole nitrogens is 1. The van der Waals surface area contributed by atoms with Gasteiger partial charge in [-0.2, -0.15) is 0 Å². The zero-order valence-corrected chi connectivity index (χ0v) is 25.1. The van der Waals surface area contributed by atoms with Crippen LogP contribution in [0.4, 0.5) is 17.1 Å². The Labute approximate surface area is 256 Å². The van der Waals surface area contributed by atoms with Crippen molar-refractivity contribution in [3.05, 3.63) is 134 Å². The zero-order valence-electron chi connectivity index (χ0n) is 25.1. The van der Waals surface area contributed by atoms with Crippen LogP contribution >= 0.6 is 0 Å². The molecule has 6 nitrogen and oxygen atoms in total. The van der Waals surface area contributed by atoms with Gasteiger partial charge >= 0.3 is 0 Å². The second-order valence-corrected chi connectivity index (χ2v) is 12.0. The van der Waals surface area contributed by atoms with Gasteiger partial charge in [0.15, 0.2) is 0 Å². The summed E-state index contributed by atoms with van der Waals surface area (Å²) in [6.45, 7) is 0. The van der Waals surface area contributed by atoms with E-state index in [0.717, 1.165) is 68.9 Å². The van der Waals surface area contributed by atoms with E-state index in [0.29, 0.717) is 17.4 Å². The van der Waals surface area contributed by atoms with Gasteiger partial charge in [-0.1, -0.05) is 91.7 Å². The van der Waals surface area contributed by atoms with Crippen LogP contribution in [0.3, 0.4) is 0 Å². The maximum Gasteiger partial charge on any atom is 0.253 e. The van der Waals surface area contributed by atoms with Crippen LogP contribution in [-0.4, -0.2) is 36.1 Å². The molecule has 2 atom stereocenters. The molecule has 0 aliphatic heterocycles. The first-order valence-electron chi connectivity index (χ1n) is 15.4. The van der Waals surface area contributed by atoms with Gasteiger partial charge in [0.25, 0.3) is 10.9 Å². The monoisotopic (exact) mass is 580 g/mol. The van der Waals surface area contributed by atoms with E-state index in [-0.39, 0.29) is 6.04 Å². The van der Waals surface area contributed by atoms with Crippen molar-refractivity contribution in [2.75, 3.05) is 24.7 Å². The summed E-state index contributed by atoms with van der Waals surface area (Å²) in [5.41, 5.74) is 5.74. The van der Waals surface area contributed by atoms with Crippen molar-refractivity contribution < 1.29 is 0 Å². The molecule has 44 heavy (non-hydrogen) atoms. The molecular formula is C38H36N4O2. The zero-order chi connectivity index (χ0) is 30.2. The minimum atomic E-state index is -0.482. The Morgan fingerprint density at radius 2 is 1.50 bits per heavy atom. The predicted molar refractivity (Wildman–Crippen MR) is 184 cm³/mol. The predicted octanol–water partition coefficient (Wildman–Crippen LogP) is 7.53. The Kier molecular flexibility index (Phi) is 7.36. The molecule has 0 spiro atoms. The van der Waals surface area contributed by atoms with Gasteiger partial charge in [0.1, 0.15) is 11.4 Å². The topological polar surface area (TPSA) is 77.2 Å². The van der Waals surface area contributed by atoms with Crippen molar-refractivity contribution >= 4 is 50.4 Å². The molecule has 0 saturated heterocycles. The van der Waals surface area contributed by atoms with Crippen molar-refractivity contribution in [3.63, 3.8) is 0 Å². The number of rotatable bonds is 8. The van der Waals surface area contributed by atoms with Crippen LogP contribution in [0.1, 0.15) is 42.4 Å². The van der Waals surface area contributed by atoms with E-state index in [1.54, 1.807) is 0 Å². The minimum Gasteiger partial charge on any atom is -0.376 e. The van der Waals surface area contributed by atoms with Crippen LogP contribution in [0.15, 0.2) is 107 Å². The van der Waals surface area contributed by atoms with E-state index in [4.69, 9.17) is 0 Å². The lowest BCUT2D eigenvalue weighted by atomic mass is 9.89. The molecule has 6 aromatic rings. The van der Waals surface area contributed by atoms with Gasteiger partial charge in [-0.05, 0) is 67.1 Å². The quantitative estimate of drug-likeness (QED) is 0.128.